The molecule has 5 nitrogen and oxygen atoms in total. The second kappa shape index (κ2) is 8.53. The Labute approximate surface area is 174 Å². The second-order valence-electron chi connectivity index (χ2n) is 7.31. The normalized spacial score (nSPS) is 15.2. The fourth-order valence-corrected chi connectivity index (χ4v) is 3.69. The van der Waals surface area contributed by atoms with E-state index in [0.29, 0.717) is 17.9 Å². The van der Waals surface area contributed by atoms with E-state index in [9.17, 15) is 9.18 Å². The highest BCUT2D eigenvalue weighted by Gasteiger charge is 2.22. The van der Waals surface area contributed by atoms with E-state index >= 15 is 0 Å². The summed E-state index contributed by atoms with van der Waals surface area (Å²) in [6.45, 7) is 0. The molecule has 154 valence electrons. The van der Waals surface area contributed by atoms with Gasteiger partial charge in [0.05, 0.1) is 13.3 Å². The Hall–Kier alpha value is -3.41. The number of methoxy groups -OCH3 is 1. The van der Waals surface area contributed by atoms with Gasteiger partial charge in [0.25, 0.3) is 0 Å². The van der Waals surface area contributed by atoms with Gasteiger partial charge in [-0.25, -0.2) is 9.37 Å². The van der Waals surface area contributed by atoms with Gasteiger partial charge in [-0.15, -0.1) is 0 Å². The van der Waals surface area contributed by atoms with Gasteiger partial charge in [0.2, 0.25) is 5.88 Å². The SMILES string of the molecule is COc1cc(-c2ccc(C3CCc4ccc(CCC(=O)O)cc4O3)cc2)c(F)cn1. The Morgan fingerprint density at radius 2 is 2.03 bits per heavy atom. The average Bonchev–Trinajstić information content (AvgIpc) is 2.77. The van der Waals surface area contributed by atoms with Crippen molar-refractivity contribution < 1.29 is 23.8 Å². The first-order chi connectivity index (χ1) is 14.5. The molecule has 0 fully saturated rings. The summed E-state index contributed by atoms with van der Waals surface area (Å²) in [4.78, 5) is 14.7. The summed E-state index contributed by atoms with van der Waals surface area (Å²) in [6.07, 6.45) is 3.37. The van der Waals surface area contributed by atoms with Crippen molar-refractivity contribution in [3.63, 3.8) is 0 Å². The molecule has 1 aliphatic rings. The zero-order valence-electron chi connectivity index (χ0n) is 16.6. The molecular formula is C24H22FNO4. The van der Waals surface area contributed by atoms with E-state index in [2.05, 4.69) is 4.98 Å². The lowest BCUT2D eigenvalue weighted by Crippen LogP contribution is -2.15. The Bertz CT molecular complexity index is 1070. The van der Waals surface area contributed by atoms with Gasteiger partial charge in [-0.3, -0.25) is 4.79 Å². The quantitative estimate of drug-likeness (QED) is 0.624. The number of carboxylic acid groups (broad SMARTS) is 1. The van der Waals surface area contributed by atoms with Gasteiger partial charge < -0.3 is 14.6 Å². The van der Waals surface area contributed by atoms with Crippen LogP contribution < -0.4 is 9.47 Å². The van der Waals surface area contributed by atoms with Crippen molar-refractivity contribution in [2.75, 3.05) is 7.11 Å². The van der Waals surface area contributed by atoms with E-state index in [1.165, 1.54) is 7.11 Å². The fraction of sp³-hybridized carbons (Fsp3) is 0.250. The number of aryl methyl sites for hydroxylation is 2. The van der Waals surface area contributed by atoms with Crippen LogP contribution in [0.2, 0.25) is 0 Å². The monoisotopic (exact) mass is 407 g/mol. The maximum absolute atomic E-state index is 14.2. The second-order valence-corrected chi connectivity index (χ2v) is 7.31. The van der Waals surface area contributed by atoms with Crippen molar-refractivity contribution in [2.45, 2.75) is 31.8 Å². The molecule has 0 spiro atoms. The van der Waals surface area contributed by atoms with Crippen LogP contribution in [-0.2, 0) is 17.6 Å². The van der Waals surface area contributed by atoms with Crippen LogP contribution in [0.25, 0.3) is 11.1 Å². The molecule has 0 radical (unpaired) electrons. The van der Waals surface area contributed by atoms with Crippen LogP contribution in [0.15, 0.2) is 54.7 Å². The van der Waals surface area contributed by atoms with Gasteiger partial charge in [0, 0.05) is 18.1 Å². The van der Waals surface area contributed by atoms with Crippen LogP contribution in [0.1, 0.15) is 35.6 Å². The number of pyridine rings is 1. The predicted octanol–water partition coefficient (Wildman–Crippen LogP) is 4.98. The Morgan fingerprint density at radius 1 is 1.23 bits per heavy atom. The highest BCUT2D eigenvalue weighted by Crippen LogP contribution is 2.36. The smallest absolute Gasteiger partial charge is 0.303 e. The largest absolute Gasteiger partial charge is 0.485 e. The van der Waals surface area contributed by atoms with Gasteiger partial charge in [-0.2, -0.15) is 0 Å². The molecule has 2 heterocycles. The summed E-state index contributed by atoms with van der Waals surface area (Å²) in [5.41, 5.74) is 4.28. The molecule has 0 bridgehead atoms. The third-order valence-electron chi connectivity index (χ3n) is 5.34. The summed E-state index contributed by atoms with van der Waals surface area (Å²) >= 11 is 0. The number of benzene rings is 2. The van der Waals surface area contributed by atoms with Gasteiger partial charge in [-0.05, 0) is 47.6 Å². The molecule has 1 aromatic heterocycles. The molecule has 0 aliphatic carbocycles. The summed E-state index contributed by atoms with van der Waals surface area (Å²) in [5.74, 6) is -0.0420. The van der Waals surface area contributed by atoms with Crippen LogP contribution in [0, 0.1) is 5.82 Å². The number of hydrogen-bond acceptors (Lipinski definition) is 4. The highest BCUT2D eigenvalue weighted by atomic mass is 19.1. The first-order valence-corrected chi connectivity index (χ1v) is 9.83. The molecule has 0 saturated carbocycles. The number of nitrogens with zero attached hydrogens (tertiary/aromatic N) is 1. The van der Waals surface area contributed by atoms with Crippen molar-refractivity contribution >= 4 is 5.97 Å². The van der Waals surface area contributed by atoms with Crippen molar-refractivity contribution in [1.29, 1.82) is 0 Å². The summed E-state index contributed by atoms with van der Waals surface area (Å²) in [5, 5.41) is 8.89. The zero-order chi connectivity index (χ0) is 21.1. The lowest BCUT2D eigenvalue weighted by atomic mass is 9.94. The highest BCUT2D eigenvalue weighted by molar-refractivity contribution is 5.67. The Balaban J connectivity index is 1.52. The number of halogens is 1. The van der Waals surface area contributed by atoms with Crippen molar-refractivity contribution in [3.05, 3.63) is 77.2 Å². The molecule has 4 rings (SSSR count). The first-order valence-electron chi connectivity index (χ1n) is 9.83. The molecule has 30 heavy (non-hydrogen) atoms. The van der Waals surface area contributed by atoms with Crippen molar-refractivity contribution in [1.82, 2.24) is 4.98 Å². The predicted molar refractivity (Wildman–Crippen MR) is 110 cm³/mol. The molecule has 3 aromatic rings. The van der Waals surface area contributed by atoms with Crippen LogP contribution >= 0.6 is 0 Å². The van der Waals surface area contributed by atoms with Gasteiger partial charge >= 0.3 is 5.97 Å². The minimum Gasteiger partial charge on any atom is -0.485 e. The minimum absolute atomic E-state index is 0.0973. The number of aliphatic carboxylic acids is 1. The van der Waals surface area contributed by atoms with Gasteiger partial charge in [0.1, 0.15) is 17.7 Å². The van der Waals surface area contributed by atoms with Gasteiger partial charge in [-0.1, -0.05) is 36.4 Å². The molecule has 6 heteroatoms. The van der Waals surface area contributed by atoms with Crippen LogP contribution in [0.5, 0.6) is 11.6 Å². The minimum atomic E-state index is -0.810. The third-order valence-corrected chi connectivity index (χ3v) is 5.34. The first kappa shape index (κ1) is 19.9. The maximum atomic E-state index is 14.2. The summed E-state index contributed by atoms with van der Waals surface area (Å²) < 4.78 is 25.5. The van der Waals surface area contributed by atoms with Crippen LogP contribution in [0.4, 0.5) is 4.39 Å². The molecule has 1 aliphatic heterocycles. The van der Waals surface area contributed by atoms with E-state index in [1.54, 1.807) is 6.07 Å². The molecular weight excluding hydrogens is 385 g/mol. The number of carboxylic acids is 1. The molecule has 2 aromatic carbocycles. The number of fused-ring (bicyclic) bond motifs is 1. The van der Waals surface area contributed by atoms with E-state index in [0.717, 1.165) is 47.0 Å². The molecule has 1 N–H and O–H groups in total. The summed E-state index contributed by atoms with van der Waals surface area (Å²) in [6, 6.07) is 15.2. The lowest BCUT2D eigenvalue weighted by molar-refractivity contribution is -0.136. The Kier molecular flexibility index (Phi) is 5.65. The maximum Gasteiger partial charge on any atom is 0.303 e. The molecule has 1 unspecified atom stereocenters. The number of carbonyl (C=O) groups is 1. The number of rotatable bonds is 6. The van der Waals surface area contributed by atoms with E-state index in [-0.39, 0.29) is 12.5 Å². The van der Waals surface area contributed by atoms with E-state index in [4.69, 9.17) is 14.6 Å². The number of hydrogen-bond donors (Lipinski definition) is 1. The zero-order valence-corrected chi connectivity index (χ0v) is 16.6. The van der Waals surface area contributed by atoms with Crippen LogP contribution in [-0.4, -0.2) is 23.2 Å². The van der Waals surface area contributed by atoms with Crippen molar-refractivity contribution in [2.24, 2.45) is 0 Å². The van der Waals surface area contributed by atoms with Crippen molar-refractivity contribution in [3.8, 4) is 22.8 Å². The molecule has 0 amide bonds. The molecule has 1 atom stereocenters. The summed E-state index contributed by atoms with van der Waals surface area (Å²) in [7, 11) is 1.50. The number of ether oxygens (including phenoxy) is 2. The van der Waals surface area contributed by atoms with Gasteiger partial charge in [0.15, 0.2) is 0 Å². The standard InChI is InChI=1S/C24H22FNO4/c1-29-23-13-19(20(25)14-26-23)16-5-7-17(8-6-16)21-10-9-18-4-2-15(3-11-24(27)28)12-22(18)30-21/h2,4-8,12-14,21H,3,9-11H2,1H3,(H,27,28). The fourth-order valence-electron chi connectivity index (χ4n) is 3.69. The average molecular weight is 407 g/mol. The van der Waals surface area contributed by atoms with E-state index < -0.39 is 11.8 Å². The van der Waals surface area contributed by atoms with Crippen LogP contribution in [0.3, 0.4) is 0 Å². The Morgan fingerprint density at radius 3 is 2.77 bits per heavy atom. The third kappa shape index (κ3) is 4.27. The van der Waals surface area contributed by atoms with E-state index in [1.807, 2.05) is 42.5 Å². The topological polar surface area (TPSA) is 68.7 Å². The number of aromatic nitrogens is 1. The molecule has 0 saturated heterocycles. The lowest BCUT2D eigenvalue weighted by Gasteiger charge is -2.27.